The minimum atomic E-state index is -0.0897. The molecule has 0 fully saturated rings. The fourth-order valence-corrected chi connectivity index (χ4v) is 7.79. The molecule has 0 saturated heterocycles. The summed E-state index contributed by atoms with van der Waals surface area (Å²) in [6.07, 6.45) is 1.84. The van der Waals surface area contributed by atoms with E-state index in [9.17, 15) is 0 Å². The topological polar surface area (TPSA) is 33.1 Å². The van der Waals surface area contributed by atoms with Crippen LogP contribution in [0.3, 0.4) is 0 Å². The number of hydrogen-bond donors (Lipinski definition) is 0. The van der Waals surface area contributed by atoms with Crippen LogP contribution in [0.5, 0.6) is 11.5 Å². The maximum absolute atomic E-state index is 6.67. The maximum atomic E-state index is 6.67. The number of aromatic nitrogens is 2. The molecule has 0 radical (unpaired) electrons. The summed E-state index contributed by atoms with van der Waals surface area (Å²) >= 11 is 0. The fraction of sp³-hybridized carbons (Fsp3) is 0.167. The van der Waals surface area contributed by atoms with Gasteiger partial charge < -0.3 is 4.74 Å². The number of rotatable bonds is 5. The summed E-state index contributed by atoms with van der Waals surface area (Å²) in [7, 11) is 0. The molecule has 1 aliphatic rings. The molecular weight excluding hydrogens is 649 g/mol. The zero-order chi connectivity index (χ0) is 36.5. The van der Waals surface area contributed by atoms with Gasteiger partial charge in [-0.1, -0.05) is 108 Å². The van der Waals surface area contributed by atoms with Crippen molar-refractivity contribution in [3.8, 4) is 17.3 Å². The molecule has 6 aromatic carbocycles. The SMILES string of the molecule is CC(C)(C)c1cccc(C(C)(C)C)c1[N+]1=C=[N+](c2cccc(Oc3ccc4c5ccccc5n(-c5ccccn5)c4c3)c2)c2ccc3ccccc3c21. The Morgan fingerprint density at radius 1 is 0.547 bits per heavy atom. The summed E-state index contributed by atoms with van der Waals surface area (Å²) in [5.41, 5.74) is 8.91. The van der Waals surface area contributed by atoms with Crippen LogP contribution in [-0.2, 0) is 10.8 Å². The molecule has 0 bridgehead atoms. The van der Waals surface area contributed by atoms with E-state index < -0.39 is 0 Å². The Morgan fingerprint density at radius 2 is 1.23 bits per heavy atom. The molecule has 8 aromatic rings. The van der Waals surface area contributed by atoms with Crippen molar-refractivity contribution in [3.63, 3.8) is 0 Å². The molecule has 2 aromatic heterocycles. The summed E-state index contributed by atoms with van der Waals surface area (Å²) in [5.74, 6) is 2.37. The average molecular weight is 691 g/mol. The zero-order valence-electron chi connectivity index (χ0n) is 31.1. The summed E-state index contributed by atoms with van der Waals surface area (Å²) in [4.78, 5) is 4.70. The van der Waals surface area contributed by atoms with Crippen molar-refractivity contribution in [3.05, 3.63) is 157 Å². The van der Waals surface area contributed by atoms with Gasteiger partial charge in [-0.15, -0.1) is 0 Å². The van der Waals surface area contributed by atoms with Crippen LogP contribution in [0.15, 0.2) is 146 Å². The first-order valence-corrected chi connectivity index (χ1v) is 18.3. The molecule has 5 heteroatoms. The smallest absolute Gasteiger partial charge is 0.457 e. The van der Waals surface area contributed by atoms with E-state index in [-0.39, 0.29) is 10.8 Å². The van der Waals surface area contributed by atoms with Crippen molar-refractivity contribution in [2.75, 3.05) is 0 Å². The fourth-order valence-electron chi connectivity index (χ4n) is 7.79. The molecule has 9 rings (SSSR count). The van der Waals surface area contributed by atoms with Crippen LogP contribution in [0.4, 0.5) is 22.7 Å². The van der Waals surface area contributed by atoms with E-state index in [0.717, 1.165) is 50.8 Å². The second-order valence-electron chi connectivity index (χ2n) is 15.9. The van der Waals surface area contributed by atoms with Crippen molar-refractivity contribution in [1.29, 1.82) is 0 Å². The molecule has 0 saturated carbocycles. The normalized spacial score (nSPS) is 13.0. The Bertz CT molecular complexity index is 2770. The lowest BCUT2D eigenvalue weighted by molar-refractivity contribution is 0.483. The highest BCUT2D eigenvalue weighted by Crippen LogP contribution is 2.47. The number of benzene rings is 6. The second-order valence-corrected chi connectivity index (χ2v) is 15.9. The van der Waals surface area contributed by atoms with E-state index in [0.29, 0.717) is 0 Å². The van der Waals surface area contributed by atoms with Crippen molar-refractivity contribution in [2.45, 2.75) is 52.4 Å². The van der Waals surface area contributed by atoms with E-state index in [4.69, 9.17) is 9.72 Å². The van der Waals surface area contributed by atoms with Gasteiger partial charge in [0.25, 0.3) is 5.69 Å². The minimum absolute atomic E-state index is 0.0897. The molecule has 0 amide bonds. The highest BCUT2D eigenvalue weighted by molar-refractivity contribution is 6.09. The molecule has 258 valence electrons. The molecular formula is C48H42N4O+2. The van der Waals surface area contributed by atoms with E-state index in [1.165, 1.54) is 33.0 Å². The zero-order valence-corrected chi connectivity index (χ0v) is 31.1. The van der Waals surface area contributed by atoms with Crippen LogP contribution in [0, 0.1) is 0 Å². The predicted molar refractivity (Wildman–Crippen MR) is 221 cm³/mol. The van der Waals surface area contributed by atoms with Crippen LogP contribution < -0.4 is 13.9 Å². The summed E-state index contributed by atoms with van der Waals surface area (Å²) in [6, 6.07) is 52.8. The van der Waals surface area contributed by atoms with Gasteiger partial charge in [0, 0.05) is 46.3 Å². The first-order valence-electron chi connectivity index (χ1n) is 18.3. The van der Waals surface area contributed by atoms with Gasteiger partial charge in [0.2, 0.25) is 11.4 Å². The highest BCUT2D eigenvalue weighted by atomic mass is 16.5. The molecule has 5 nitrogen and oxygen atoms in total. The highest BCUT2D eigenvalue weighted by Gasteiger charge is 2.43. The largest absolute Gasteiger partial charge is 0.503 e. The number of hydrogen-bond acceptors (Lipinski definition) is 2. The molecule has 53 heavy (non-hydrogen) atoms. The number of ether oxygens (including phenoxy) is 1. The number of nitrogens with zero attached hydrogens (tertiary/aromatic N) is 4. The van der Waals surface area contributed by atoms with Crippen LogP contribution in [0.25, 0.3) is 38.4 Å². The second kappa shape index (κ2) is 12.2. The van der Waals surface area contributed by atoms with Crippen molar-refractivity contribution >= 4 is 61.3 Å². The van der Waals surface area contributed by atoms with Gasteiger partial charge in [-0.3, -0.25) is 4.57 Å². The van der Waals surface area contributed by atoms with Crippen molar-refractivity contribution in [1.82, 2.24) is 18.7 Å². The van der Waals surface area contributed by atoms with E-state index >= 15 is 0 Å². The first-order chi connectivity index (χ1) is 25.6. The first kappa shape index (κ1) is 32.6. The van der Waals surface area contributed by atoms with Crippen molar-refractivity contribution in [2.24, 2.45) is 0 Å². The van der Waals surface area contributed by atoms with Gasteiger partial charge in [-0.05, 0) is 73.9 Å². The maximum Gasteiger partial charge on any atom is 0.503 e. The van der Waals surface area contributed by atoms with Crippen LogP contribution in [0.1, 0.15) is 52.7 Å². The molecule has 0 N–H and O–H groups in total. The van der Waals surface area contributed by atoms with Crippen LogP contribution in [0.2, 0.25) is 0 Å². The summed E-state index contributed by atoms with van der Waals surface area (Å²) in [6.45, 7) is 13.8. The molecule has 3 heterocycles. The Hall–Kier alpha value is -6.29. The lowest BCUT2D eigenvalue weighted by Crippen LogP contribution is -2.22. The standard InChI is InChI=1S/C48H42N4O/c1-47(2,3)39-20-14-21-40(48(4,5)6)46(39)51-31-50(42-27-24-32-15-7-8-18-36(32)45(42)51)33-16-13-17-34(29-33)53-35-25-26-38-37-19-9-10-22-41(37)52(43(38)30-35)44-23-11-12-28-49-44/h7-30H,1-6H3/q+2. The van der Waals surface area contributed by atoms with E-state index in [1.54, 1.807) is 0 Å². The molecule has 0 aliphatic carbocycles. The lowest BCUT2D eigenvalue weighted by atomic mass is 9.78. The molecule has 1 aliphatic heterocycles. The number of para-hydroxylation sites is 2. The van der Waals surface area contributed by atoms with Gasteiger partial charge >= 0.3 is 11.7 Å². The summed E-state index contributed by atoms with van der Waals surface area (Å²) < 4.78 is 13.4. The average Bonchev–Trinajstić information content (AvgIpc) is 3.71. The van der Waals surface area contributed by atoms with Gasteiger partial charge in [0.15, 0.2) is 0 Å². The van der Waals surface area contributed by atoms with Crippen molar-refractivity contribution < 1.29 is 4.74 Å². The van der Waals surface area contributed by atoms with Gasteiger partial charge in [-0.2, -0.15) is 0 Å². The Morgan fingerprint density at radius 3 is 1.98 bits per heavy atom. The van der Waals surface area contributed by atoms with E-state index in [2.05, 4.69) is 177 Å². The minimum Gasteiger partial charge on any atom is -0.457 e. The van der Waals surface area contributed by atoms with Gasteiger partial charge in [-0.25, -0.2) is 4.98 Å². The van der Waals surface area contributed by atoms with Crippen LogP contribution >= 0.6 is 0 Å². The van der Waals surface area contributed by atoms with E-state index in [1.807, 2.05) is 30.5 Å². The molecule has 0 unspecified atom stereocenters. The molecule has 0 spiro atoms. The van der Waals surface area contributed by atoms with Crippen LogP contribution in [-0.4, -0.2) is 15.6 Å². The third-order valence-electron chi connectivity index (χ3n) is 10.3. The third-order valence-corrected chi connectivity index (χ3v) is 10.3. The summed E-state index contributed by atoms with van der Waals surface area (Å²) in [5, 5.41) is 4.72. The number of pyridine rings is 1. The monoisotopic (exact) mass is 690 g/mol. The van der Waals surface area contributed by atoms with Gasteiger partial charge in [0.1, 0.15) is 17.3 Å². The van der Waals surface area contributed by atoms with Gasteiger partial charge in [0.05, 0.1) is 22.5 Å². The quantitative estimate of drug-likeness (QED) is 0.168. The Balaban J connectivity index is 1.21. The number of fused-ring (bicyclic) bond motifs is 6. The Labute approximate surface area is 310 Å². The molecule has 0 atom stereocenters. The predicted octanol–water partition coefficient (Wildman–Crippen LogP) is 12.6. The Kier molecular flexibility index (Phi) is 7.48. The third kappa shape index (κ3) is 5.53. The lowest BCUT2D eigenvalue weighted by Gasteiger charge is -2.25.